The normalized spacial score (nSPS) is 14.8. The number of hydrogen-bond donors (Lipinski definition) is 2. The van der Waals surface area contributed by atoms with E-state index in [9.17, 15) is 9.59 Å². The largest absolute Gasteiger partial charge is 0.339 e. The molecule has 0 aromatic heterocycles. The number of nitrogens with zero attached hydrogens (tertiary/aromatic N) is 4. The van der Waals surface area contributed by atoms with E-state index in [1.165, 1.54) is 12.5 Å². The molecule has 2 fully saturated rings. The summed E-state index contributed by atoms with van der Waals surface area (Å²) in [5, 5.41) is 14.8. The van der Waals surface area contributed by atoms with Crippen LogP contribution in [0, 0.1) is 18.3 Å². The lowest BCUT2D eigenvalue weighted by atomic mass is 9.89. The van der Waals surface area contributed by atoms with Crippen molar-refractivity contribution in [2.45, 2.75) is 38.6 Å². The Morgan fingerprint density at radius 1 is 1.05 bits per heavy atom. The second-order valence-corrected chi connectivity index (χ2v) is 10.4. The Morgan fingerprint density at radius 3 is 2.07 bits per heavy atom. The number of piperidine rings is 1. The first kappa shape index (κ1) is 35.0. The van der Waals surface area contributed by atoms with Gasteiger partial charge in [-0.05, 0) is 96.2 Å². The molecular formula is C31H44N6O4. The van der Waals surface area contributed by atoms with Crippen molar-refractivity contribution >= 4 is 30.7 Å². The summed E-state index contributed by atoms with van der Waals surface area (Å²) in [7, 11) is 8.02. The van der Waals surface area contributed by atoms with Crippen molar-refractivity contribution in [2.24, 2.45) is 0 Å². The topological polar surface area (TPSA) is 126 Å². The minimum Gasteiger partial charge on any atom is -0.339 e. The van der Waals surface area contributed by atoms with Crippen LogP contribution in [0.5, 0.6) is 0 Å². The Hall–Kier alpha value is -4.07. The molecule has 2 aliphatic rings. The van der Waals surface area contributed by atoms with Gasteiger partial charge in [0.1, 0.15) is 13.1 Å². The van der Waals surface area contributed by atoms with E-state index < -0.39 is 0 Å². The molecule has 10 heteroatoms. The van der Waals surface area contributed by atoms with Gasteiger partial charge in [-0.15, -0.1) is 0 Å². The van der Waals surface area contributed by atoms with E-state index >= 15 is 0 Å². The summed E-state index contributed by atoms with van der Waals surface area (Å²) in [6.07, 6.45) is 2.54. The fourth-order valence-electron chi connectivity index (χ4n) is 4.45. The van der Waals surface area contributed by atoms with E-state index in [0.717, 1.165) is 37.8 Å². The Bertz CT molecular complexity index is 1150. The van der Waals surface area contributed by atoms with Gasteiger partial charge in [-0.2, -0.15) is 5.26 Å². The van der Waals surface area contributed by atoms with Crippen LogP contribution in [0.1, 0.15) is 52.7 Å². The van der Waals surface area contributed by atoms with Crippen molar-refractivity contribution in [1.82, 2.24) is 20.0 Å². The van der Waals surface area contributed by atoms with E-state index in [1.807, 2.05) is 88.1 Å². The molecule has 2 saturated heterocycles. The number of urea groups is 1. The van der Waals surface area contributed by atoms with Crippen molar-refractivity contribution in [1.29, 1.82) is 5.26 Å². The molecule has 3 amide bonds. The smallest absolute Gasteiger partial charge is 0.319 e. The lowest BCUT2D eigenvalue weighted by Gasteiger charge is -2.36. The first-order valence-electron chi connectivity index (χ1n) is 13.5. The Morgan fingerprint density at radius 2 is 1.59 bits per heavy atom. The molecule has 2 N–H and O–H groups in total. The number of anilines is 1. The van der Waals surface area contributed by atoms with Gasteiger partial charge in [0.25, 0.3) is 5.91 Å². The van der Waals surface area contributed by atoms with Gasteiger partial charge in [-0.1, -0.05) is 18.2 Å². The van der Waals surface area contributed by atoms with Crippen LogP contribution >= 0.6 is 0 Å². The molecule has 10 nitrogen and oxygen atoms in total. The highest BCUT2D eigenvalue weighted by molar-refractivity contribution is 5.97. The monoisotopic (exact) mass is 564 g/mol. The highest BCUT2D eigenvalue weighted by atomic mass is 16.2. The number of aryl methyl sites for hydroxylation is 1. The molecule has 0 atom stereocenters. The Kier molecular flexibility index (Phi) is 15.6. The van der Waals surface area contributed by atoms with E-state index in [4.69, 9.17) is 14.9 Å². The van der Waals surface area contributed by atoms with Crippen LogP contribution in [0.3, 0.4) is 0 Å². The van der Waals surface area contributed by atoms with Gasteiger partial charge < -0.3 is 34.9 Å². The predicted octanol–water partition coefficient (Wildman–Crippen LogP) is 3.52. The molecule has 0 spiro atoms. The summed E-state index contributed by atoms with van der Waals surface area (Å²) in [4.78, 5) is 48.2. The third-order valence-corrected chi connectivity index (χ3v) is 6.43. The number of likely N-dealkylation sites (N-methyl/N-ethyl adjacent to an activating group) is 1. The molecule has 0 unspecified atom stereocenters. The maximum absolute atomic E-state index is 13.1. The SMILES string of the molecule is C=O.CC=O.CN(C)C.Cc1ccc(C(=O)N2CCC(c3ccc(C#N)cc3)CC2)cc1NC(=O)NC1CN(C)C1. The molecule has 0 aliphatic carbocycles. The standard InChI is InChI=1S/C25H29N5O2.C3H9N.C2H4O.CH2O/c1-17-3-6-21(13-23(17)28-25(32)27-22-15-29(2)16-22)24(31)30-11-9-20(10-12-30)19-7-4-18(14-26)5-8-19;1-4(2)3;1-2-3;1-2/h3-8,13,20,22H,9-12,15-16H2,1-2H3,(H2,27,28,32);1-3H3;2H,1H3;1H2. The number of hydrogen-bond acceptors (Lipinski definition) is 7. The molecule has 0 radical (unpaired) electrons. The molecule has 0 saturated carbocycles. The summed E-state index contributed by atoms with van der Waals surface area (Å²) >= 11 is 0. The zero-order chi connectivity index (χ0) is 30.9. The maximum Gasteiger partial charge on any atom is 0.319 e. The van der Waals surface area contributed by atoms with Gasteiger partial charge >= 0.3 is 6.03 Å². The van der Waals surface area contributed by atoms with Gasteiger partial charge in [0.2, 0.25) is 0 Å². The summed E-state index contributed by atoms with van der Waals surface area (Å²) in [5.74, 6) is 0.392. The number of aldehydes is 1. The fraction of sp³-hybridized carbons (Fsp3) is 0.452. The lowest BCUT2D eigenvalue weighted by molar-refractivity contribution is -0.106. The third kappa shape index (κ3) is 11.9. The zero-order valence-corrected chi connectivity index (χ0v) is 25.1. The number of likely N-dealkylation sites (tertiary alicyclic amines) is 2. The molecule has 2 aliphatic heterocycles. The van der Waals surface area contributed by atoms with Crippen molar-refractivity contribution in [3.8, 4) is 6.07 Å². The fourth-order valence-corrected chi connectivity index (χ4v) is 4.45. The van der Waals surface area contributed by atoms with Crippen LogP contribution < -0.4 is 10.6 Å². The summed E-state index contributed by atoms with van der Waals surface area (Å²) < 4.78 is 0. The van der Waals surface area contributed by atoms with Crippen molar-refractivity contribution in [2.75, 3.05) is 59.7 Å². The van der Waals surface area contributed by atoms with Gasteiger partial charge in [-0.3, -0.25) is 4.79 Å². The summed E-state index contributed by atoms with van der Waals surface area (Å²) in [5.41, 5.74) is 4.06. The molecule has 2 aromatic rings. The first-order valence-corrected chi connectivity index (χ1v) is 13.5. The number of carbonyl (C=O) groups excluding carboxylic acids is 4. The quantitative estimate of drug-likeness (QED) is 0.544. The van der Waals surface area contributed by atoms with Crippen molar-refractivity contribution < 1.29 is 19.2 Å². The molecule has 2 heterocycles. The summed E-state index contributed by atoms with van der Waals surface area (Å²) in [6.45, 7) is 8.45. The van der Waals surface area contributed by atoms with Gasteiger partial charge in [0, 0.05) is 37.4 Å². The molecule has 2 aromatic carbocycles. The number of carbonyl (C=O) groups is 4. The zero-order valence-electron chi connectivity index (χ0n) is 25.1. The van der Waals surface area contributed by atoms with Crippen LogP contribution in [-0.4, -0.2) is 100 Å². The number of benzene rings is 2. The van der Waals surface area contributed by atoms with Crippen LogP contribution in [0.2, 0.25) is 0 Å². The molecule has 4 rings (SSSR count). The maximum atomic E-state index is 13.1. The van der Waals surface area contributed by atoms with Crippen molar-refractivity contribution in [3.63, 3.8) is 0 Å². The highest BCUT2D eigenvalue weighted by Gasteiger charge is 2.26. The van der Waals surface area contributed by atoms with Crippen molar-refractivity contribution in [3.05, 3.63) is 64.7 Å². The van der Waals surface area contributed by atoms with Gasteiger partial charge in [0.05, 0.1) is 17.7 Å². The van der Waals surface area contributed by atoms with Crippen LogP contribution in [0.4, 0.5) is 10.5 Å². The lowest BCUT2D eigenvalue weighted by Crippen LogP contribution is -2.58. The molecular weight excluding hydrogens is 520 g/mol. The van der Waals surface area contributed by atoms with Gasteiger partial charge in [0.15, 0.2) is 0 Å². The predicted molar refractivity (Wildman–Crippen MR) is 162 cm³/mol. The average molecular weight is 565 g/mol. The second kappa shape index (κ2) is 18.3. The van der Waals surface area contributed by atoms with E-state index in [0.29, 0.717) is 35.8 Å². The number of rotatable bonds is 4. The van der Waals surface area contributed by atoms with E-state index in [-0.39, 0.29) is 18.0 Å². The van der Waals surface area contributed by atoms with E-state index in [2.05, 4.69) is 21.6 Å². The minimum absolute atomic E-state index is 0.00708. The molecule has 222 valence electrons. The minimum atomic E-state index is -0.237. The number of nitriles is 1. The number of amides is 3. The van der Waals surface area contributed by atoms with Crippen LogP contribution in [0.25, 0.3) is 0 Å². The highest BCUT2D eigenvalue weighted by Crippen LogP contribution is 2.29. The van der Waals surface area contributed by atoms with Gasteiger partial charge in [-0.25, -0.2) is 4.79 Å². The second-order valence-electron chi connectivity index (χ2n) is 10.4. The van der Waals surface area contributed by atoms with Crippen LogP contribution in [-0.2, 0) is 9.59 Å². The number of nitrogens with one attached hydrogen (secondary N) is 2. The molecule has 0 bridgehead atoms. The Balaban J connectivity index is 0.000000830. The third-order valence-electron chi connectivity index (χ3n) is 6.43. The average Bonchev–Trinajstić information content (AvgIpc) is 2.94. The van der Waals surface area contributed by atoms with Crippen LogP contribution in [0.15, 0.2) is 42.5 Å². The summed E-state index contributed by atoms with van der Waals surface area (Å²) in [6, 6.07) is 15.3. The van der Waals surface area contributed by atoms with E-state index in [1.54, 1.807) is 6.07 Å². The first-order chi connectivity index (χ1) is 19.6. The Labute approximate surface area is 244 Å². The molecule has 41 heavy (non-hydrogen) atoms.